The van der Waals surface area contributed by atoms with Crippen molar-refractivity contribution < 1.29 is 24.5 Å². The zero-order valence-corrected chi connectivity index (χ0v) is 14.4. The first-order valence-electron chi connectivity index (χ1n) is 8.24. The van der Waals surface area contributed by atoms with Gasteiger partial charge in [0, 0.05) is 13.1 Å². The molecule has 9 N–H and O–H groups in total. The summed E-state index contributed by atoms with van der Waals surface area (Å²) >= 11 is 0. The maximum atomic E-state index is 11.8. The van der Waals surface area contributed by atoms with E-state index in [1.807, 2.05) is 0 Å². The standard InChI is InChI=1S/C14H22N8O5/c15-1-2-18-7(24)4-26-10-9(25)6(3-23)27-13(10)22-5-19-8-11(16)20-14(17)21-12(8)22/h5-6,9-10,13,23,25H,1-4,15H2,(H,18,24)(H4,16,17,20,21)/t6-,9-,10-,13-/m1/s1. The van der Waals surface area contributed by atoms with E-state index < -0.39 is 37.1 Å². The van der Waals surface area contributed by atoms with Crippen LogP contribution in [0.5, 0.6) is 0 Å². The molecule has 13 nitrogen and oxygen atoms in total. The number of nitrogen functional groups attached to an aromatic ring is 2. The summed E-state index contributed by atoms with van der Waals surface area (Å²) in [6, 6.07) is 0. The molecule has 3 rings (SSSR count). The number of nitrogens with one attached hydrogen (secondary N) is 1. The maximum Gasteiger partial charge on any atom is 0.246 e. The minimum Gasteiger partial charge on any atom is -0.394 e. The zero-order valence-electron chi connectivity index (χ0n) is 14.4. The lowest BCUT2D eigenvalue weighted by Crippen LogP contribution is -2.39. The SMILES string of the molecule is NCCNC(=O)CO[C@@H]1[C@H](O)[C@@H](CO)O[C@H]1n1cnc2c(N)nc(N)nc21. The van der Waals surface area contributed by atoms with Crippen molar-refractivity contribution in [1.82, 2.24) is 24.8 Å². The van der Waals surface area contributed by atoms with Gasteiger partial charge in [0.1, 0.15) is 30.4 Å². The predicted molar refractivity (Wildman–Crippen MR) is 93.0 cm³/mol. The molecular formula is C14H22N8O5. The highest BCUT2D eigenvalue weighted by Crippen LogP contribution is 2.34. The van der Waals surface area contributed by atoms with Gasteiger partial charge in [0.05, 0.1) is 12.9 Å². The van der Waals surface area contributed by atoms with E-state index in [0.29, 0.717) is 18.6 Å². The minimum atomic E-state index is -1.18. The van der Waals surface area contributed by atoms with Gasteiger partial charge in [-0.05, 0) is 0 Å². The third-order valence-electron chi connectivity index (χ3n) is 4.11. The number of nitrogens with zero attached hydrogens (tertiary/aromatic N) is 4. The fourth-order valence-corrected chi connectivity index (χ4v) is 2.85. The van der Waals surface area contributed by atoms with E-state index in [2.05, 4.69) is 20.3 Å². The first kappa shape index (κ1) is 19.2. The molecule has 0 unspecified atom stereocenters. The lowest BCUT2D eigenvalue weighted by atomic mass is 10.1. The van der Waals surface area contributed by atoms with Gasteiger partial charge in [0.2, 0.25) is 11.9 Å². The molecule has 13 heteroatoms. The Morgan fingerprint density at radius 3 is 2.89 bits per heavy atom. The van der Waals surface area contributed by atoms with Crippen LogP contribution in [0.4, 0.5) is 11.8 Å². The lowest BCUT2D eigenvalue weighted by Gasteiger charge is -2.22. The maximum absolute atomic E-state index is 11.8. The zero-order chi connectivity index (χ0) is 19.6. The van der Waals surface area contributed by atoms with E-state index >= 15 is 0 Å². The quantitative estimate of drug-likeness (QED) is 0.279. The summed E-state index contributed by atoms with van der Waals surface area (Å²) in [5.41, 5.74) is 17.3. The molecule has 0 bridgehead atoms. The summed E-state index contributed by atoms with van der Waals surface area (Å²) in [6.07, 6.45) is -2.60. The molecule has 4 atom stereocenters. The van der Waals surface area contributed by atoms with Gasteiger partial charge in [-0.2, -0.15) is 9.97 Å². The van der Waals surface area contributed by atoms with Gasteiger partial charge in [0.15, 0.2) is 17.7 Å². The fourth-order valence-electron chi connectivity index (χ4n) is 2.85. The summed E-state index contributed by atoms with van der Waals surface area (Å²) in [7, 11) is 0. The van der Waals surface area contributed by atoms with Crippen molar-refractivity contribution in [3.8, 4) is 0 Å². The number of rotatable bonds is 7. The van der Waals surface area contributed by atoms with Gasteiger partial charge in [-0.3, -0.25) is 9.36 Å². The van der Waals surface area contributed by atoms with Gasteiger partial charge in [0.25, 0.3) is 0 Å². The summed E-state index contributed by atoms with van der Waals surface area (Å²) in [4.78, 5) is 23.8. The Hall–Kier alpha value is -2.58. The number of imidazole rings is 1. The van der Waals surface area contributed by atoms with E-state index in [1.54, 1.807) is 0 Å². The van der Waals surface area contributed by atoms with E-state index in [-0.39, 0.29) is 24.0 Å². The summed E-state index contributed by atoms with van der Waals surface area (Å²) < 4.78 is 12.7. The average Bonchev–Trinajstić information content (AvgIpc) is 3.19. The molecule has 1 fully saturated rings. The Labute approximate surface area is 153 Å². The number of ether oxygens (including phenoxy) is 2. The number of anilines is 2. The van der Waals surface area contributed by atoms with Crippen LogP contribution in [0.1, 0.15) is 6.23 Å². The third-order valence-corrected chi connectivity index (χ3v) is 4.11. The van der Waals surface area contributed by atoms with E-state index in [0.717, 1.165) is 0 Å². The molecule has 1 aliphatic heterocycles. The fraction of sp³-hybridized carbons (Fsp3) is 0.571. The number of aliphatic hydroxyl groups is 2. The van der Waals surface area contributed by atoms with Crippen LogP contribution in [0.25, 0.3) is 11.2 Å². The van der Waals surface area contributed by atoms with Crippen LogP contribution in [-0.4, -0.2) is 80.3 Å². The summed E-state index contributed by atoms with van der Waals surface area (Å²) in [5, 5.41) is 22.4. The average molecular weight is 382 g/mol. The largest absolute Gasteiger partial charge is 0.394 e. The van der Waals surface area contributed by atoms with Gasteiger partial charge in [-0.25, -0.2) is 4.98 Å². The van der Waals surface area contributed by atoms with Crippen LogP contribution in [0.2, 0.25) is 0 Å². The molecule has 0 spiro atoms. The topological polar surface area (TPSA) is 210 Å². The van der Waals surface area contributed by atoms with Crippen molar-refractivity contribution in [3.05, 3.63) is 6.33 Å². The highest BCUT2D eigenvalue weighted by Gasteiger charge is 2.46. The lowest BCUT2D eigenvalue weighted by molar-refractivity contribution is -0.132. The normalized spacial score (nSPS) is 25.1. The Kier molecular flexibility index (Phi) is 5.67. The first-order chi connectivity index (χ1) is 13.0. The van der Waals surface area contributed by atoms with Crippen LogP contribution in [-0.2, 0) is 14.3 Å². The number of aromatic nitrogens is 4. The molecule has 1 amide bonds. The second kappa shape index (κ2) is 7.98. The predicted octanol–water partition coefficient (Wildman–Crippen LogP) is -3.30. The molecule has 0 radical (unpaired) electrons. The van der Waals surface area contributed by atoms with Crippen LogP contribution >= 0.6 is 0 Å². The number of fused-ring (bicyclic) bond motifs is 1. The molecule has 0 aromatic carbocycles. The van der Waals surface area contributed by atoms with Crippen molar-refractivity contribution in [2.45, 2.75) is 24.5 Å². The Bertz CT molecular complexity index is 814. The molecule has 3 heterocycles. The van der Waals surface area contributed by atoms with Gasteiger partial charge >= 0.3 is 0 Å². The molecule has 0 saturated carbocycles. The van der Waals surface area contributed by atoms with Crippen molar-refractivity contribution >= 4 is 28.8 Å². The number of nitrogens with two attached hydrogens (primary N) is 3. The molecule has 2 aromatic heterocycles. The number of carbonyl (C=O) groups excluding carboxylic acids is 1. The van der Waals surface area contributed by atoms with Crippen molar-refractivity contribution in [3.63, 3.8) is 0 Å². The Morgan fingerprint density at radius 2 is 2.19 bits per heavy atom. The van der Waals surface area contributed by atoms with Gasteiger partial charge < -0.3 is 42.2 Å². The first-order valence-corrected chi connectivity index (χ1v) is 8.24. The highest BCUT2D eigenvalue weighted by atomic mass is 16.6. The van der Waals surface area contributed by atoms with Crippen LogP contribution in [0.15, 0.2) is 6.33 Å². The molecular weight excluding hydrogens is 360 g/mol. The van der Waals surface area contributed by atoms with Gasteiger partial charge in [-0.1, -0.05) is 0 Å². The number of amides is 1. The third kappa shape index (κ3) is 3.77. The highest BCUT2D eigenvalue weighted by molar-refractivity contribution is 5.82. The van der Waals surface area contributed by atoms with Crippen molar-refractivity contribution in [1.29, 1.82) is 0 Å². The number of hydrogen-bond donors (Lipinski definition) is 6. The molecule has 148 valence electrons. The van der Waals surface area contributed by atoms with Crippen molar-refractivity contribution in [2.24, 2.45) is 5.73 Å². The number of hydrogen-bond acceptors (Lipinski definition) is 11. The minimum absolute atomic E-state index is 0.0577. The molecule has 27 heavy (non-hydrogen) atoms. The second-order valence-electron chi connectivity index (χ2n) is 5.94. The van der Waals surface area contributed by atoms with E-state index in [9.17, 15) is 15.0 Å². The molecule has 2 aromatic rings. The Morgan fingerprint density at radius 1 is 1.41 bits per heavy atom. The van der Waals surface area contributed by atoms with Crippen molar-refractivity contribution in [2.75, 3.05) is 37.8 Å². The number of aliphatic hydroxyl groups excluding tert-OH is 2. The smallest absolute Gasteiger partial charge is 0.246 e. The van der Waals surface area contributed by atoms with Gasteiger partial charge in [-0.15, -0.1) is 0 Å². The van der Waals surface area contributed by atoms with Crippen LogP contribution in [0, 0.1) is 0 Å². The van der Waals surface area contributed by atoms with Crippen LogP contribution in [0.3, 0.4) is 0 Å². The van der Waals surface area contributed by atoms with Crippen LogP contribution < -0.4 is 22.5 Å². The Balaban J connectivity index is 1.86. The monoisotopic (exact) mass is 382 g/mol. The number of carbonyl (C=O) groups is 1. The van der Waals surface area contributed by atoms with E-state index in [4.69, 9.17) is 26.7 Å². The molecule has 1 aliphatic rings. The van der Waals surface area contributed by atoms with E-state index in [1.165, 1.54) is 10.9 Å². The molecule has 1 saturated heterocycles. The summed E-state index contributed by atoms with van der Waals surface area (Å²) in [6.45, 7) is -0.176. The second-order valence-corrected chi connectivity index (χ2v) is 5.94. The summed E-state index contributed by atoms with van der Waals surface area (Å²) in [5.74, 6) is -0.366. The molecule has 0 aliphatic carbocycles.